The van der Waals surface area contributed by atoms with E-state index in [4.69, 9.17) is 4.74 Å². The summed E-state index contributed by atoms with van der Waals surface area (Å²) in [4.78, 5) is 37.0. The number of amides is 2. The van der Waals surface area contributed by atoms with Gasteiger partial charge in [0.15, 0.2) is 0 Å². The zero-order chi connectivity index (χ0) is 17.9. The van der Waals surface area contributed by atoms with Gasteiger partial charge in [-0.15, -0.1) is 0 Å². The summed E-state index contributed by atoms with van der Waals surface area (Å²) in [6.07, 6.45) is 7.18. The number of esters is 1. The lowest BCUT2D eigenvalue weighted by Gasteiger charge is -2.28. The smallest absolute Gasteiger partial charge is 0.310 e. The van der Waals surface area contributed by atoms with Crippen molar-refractivity contribution < 1.29 is 19.1 Å². The van der Waals surface area contributed by atoms with Crippen LogP contribution >= 0.6 is 0 Å². The fourth-order valence-corrected chi connectivity index (χ4v) is 3.23. The van der Waals surface area contributed by atoms with Crippen LogP contribution in [0, 0.1) is 11.8 Å². The third-order valence-electron chi connectivity index (χ3n) is 4.62. The van der Waals surface area contributed by atoms with Gasteiger partial charge in [0.2, 0.25) is 11.8 Å². The third kappa shape index (κ3) is 7.79. The Morgan fingerprint density at radius 1 is 1.21 bits per heavy atom. The zero-order valence-electron chi connectivity index (χ0n) is 15.3. The molecule has 0 aromatic carbocycles. The molecular weight excluding hydrogens is 308 g/mol. The number of methoxy groups -OCH3 is 1. The number of rotatable bonds is 9. The molecule has 1 N–H and O–H groups in total. The van der Waals surface area contributed by atoms with Gasteiger partial charge in [-0.3, -0.25) is 14.4 Å². The Hall–Kier alpha value is -1.59. The molecule has 1 saturated carbocycles. The summed E-state index contributed by atoms with van der Waals surface area (Å²) in [6, 6.07) is 0. The average molecular weight is 340 g/mol. The molecule has 6 nitrogen and oxygen atoms in total. The Balaban J connectivity index is 2.54. The van der Waals surface area contributed by atoms with Crippen molar-refractivity contribution in [3.63, 3.8) is 0 Å². The minimum Gasteiger partial charge on any atom is -0.469 e. The molecule has 138 valence electrons. The van der Waals surface area contributed by atoms with Gasteiger partial charge < -0.3 is 15.0 Å². The summed E-state index contributed by atoms with van der Waals surface area (Å²) in [7, 11) is 1.36. The van der Waals surface area contributed by atoms with Crippen molar-refractivity contribution in [1.29, 1.82) is 0 Å². The maximum Gasteiger partial charge on any atom is 0.310 e. The molecule has 0 heterocycles. The minimum atomic E-state index is -0.342. The van der Waals surface area contributed by atoms with Crippen LogP contribution in [-0.2, 0) is 19.1 Å². The molecular formula is C18H32N2O4. The van der Waals surface area contributed by atoms with Crippen molar-refractivity contribution in [2.24, 2.45) is 11.8 Å². The van der Waals surface area contributed by atoms with E-state index in [0.717, 1.165) is 12.8 Å². The van der Waals surface area contributed by atoms with Gasteiger partial charge in [0.1, 0.15) is 0 Å². The number of nitrogens with one attached hydrogen (secondary N) is 1. The molecule has 1 rings (SSSR count). The topological polar surface area (TPSA) is 75.7 Å². The molecule has 0 aliphatic heterocycles. The van der Waals surface area contributed by atoms with Gasteiger partial charge in [-0.05, 0) is 25.2 Å². The summed E-state index contributed by atoms with van der Waals surface area (Å²) in [5.74, 6) is -0.130. The summed E-state index contributed by atoms with van der Waals surface area (Å²) in [5.41, 5.74) is 0. The van der Waals surface area contributed by atoms with E-state index in [1.54, 1.807) is 11.8 Å². The maximum absolute atomic E-state index is 12.7. The summed E-state index contributed by atoms with van der Waals surface area (Å²) in [5, 5.41) is 2.74. The number of hydrogen-bond acceptors (Lipinski definition) is 4. The maximum atomic E-state index is 12.7. The van der Waals surface area contributed by atoms with Crippen LogP contribution < -0.4 is 5.32 Å². The fourth-order valence-electron chi connectivity index (χ4n) is 3.23. The predicted octanol–water partition coefficient (Wildman–Crippen LogP) is 2.12. The molecule has 1 atom stereocenters. The lowest BCUT2D eigenvalue weighted by molar-refractivity contribution is -0.146. The molecule has 1 aliphatic rings. The minimum absolute atomic E-state index is 0.0713. The highest BCUT2D eigenvalue weighted by atomic mass is 16.5. The Kier molecular flexibility index (Phi) is 9.42. The van der Waals surface area contributed by atoms with Crippen molar-refractivity contribution in [2.75, 3.05) is 26.7 Å². The molecule has 1 fully saturated rings. The average Bonchev–Trinajstić information content (AvgIpc) is 2.57. The Morgan fingerprint density at radius 3 is 2.46 bits per heavy atom. The van der Waals surface area contributed by atoms with Crippen molar-refractivity contribution in [2.45, 2.75) is 58.8 Å². The highest BCUT2D eigenvalue weighted by molar-refractivity contribution is 5.78. The van der Waals surface area contributed by atoms with Gasteiger partial charge in [0.05, 0.1) is 13.0 Å². The Bertz CT molecular complexity index is 419. The lowest BCUT2D eigenvalue weighted by atomic mass is 9.86. The van der Waals surface area contributed by atoms with Crippen molar-refractivity contribution in [1.82, 2.24) is 10.2 Å². The van der Waals surface area contributed by atoms with Gasteiger partial charge in [-0.2, -0.15) is 0 Å². The first kappa shape index (κ1) is 20.5. The second-order valence-corrected chi connectivity index (χ2v) is 6.81. The summed E-state index contributed by atoms with van der Waals surface area (Å²) < 4.78 is 4.77. The van der Waals surface area contributed by atoms with Gasteiger partial charge in [0, 0.05) is 33.0 Å². The van der Waals surface area contributed by atoms with Gasteiger partial charge in [0.25, 0.3) is 0 Å². The molecule has 24 heavy (non-hydrogen) atoms. The van der Waals surface area contributed by atoms with Crippen LogP contribution in [0.3, 0.4) is 0 Å². The van der Waals surface area contributed by atoms with Crippen molar-refractivity contribution in [3.05, 3.63) is 0 Å². The molecule has 1 aliphatic carbocycles. The van der Waals surface area contributed by atoms with Gasteiger partial charge in [-0.1, -0.05) is 26.2 Å². The van der Waals surface area contributed by atoms with Gasteiger partial charge >= 0.3 is 5.97 Å². The first-order valence-electron chi connectivity index (χ1n) is 9.04. The molecule has 2 amide bonds. The van der Waals surface area contributed by atoms with Crippen LogP contribution in [0.4, 0.5) is 0 Å². The predicted molar refractivity (Wildman–Crippen MR) is 92.3 cm³/mol. The van der Waals surface area contributed by atoms with E-state index in [1.165, 1.54) is 33.3 Å². The van der Waals surface area contributed by atoms with Crippen LogP contribution in [0.15, 0.2) is 0 Å². The van der Waals surface area contributed by atoms with E-state index in [0.29, 0.717) is 38.4 Å². The Morgan fingerprint density at radius 2 is 1.88 bits per heavy atom. The largest absolute Gasteiger partial charge is 0.469 e. The fraction of sp³-hybridized carbons (Fsp3) is 0.833. The molecule has 1 unspecified atom stereocenters. The zero-order valence-corrected chi connectivity index (χ0v) is 15.3. The van der Waals surface area contributed by atoms with Crippen LogP contribution in [0.25, 0.3) is 0 Å². The Labute approximate surface area is 145 Å². The highest BCUT2D eigenvalue weighted by Gasteiger charge is 2.24. The van der Waals surface area contributed by atoms with E-state index in [1.807, 2.05) is 0 Å². The second-order valence-electron chi connectivity index (χ2n) is 6.81. The first-order chi connectivity index (χ1) is 11.4. The van der Waals surface area contributed by atoms with E-state index < -0.39 is 0 Å². The number of nitrogens with zero attached hydrogens (tertiary/aromatic N) is 1. The molecule has 0 aromatic rings. The van der Waals surface area contributed by atoms with Crippen LogP contribution in [0.1, 0.15) is 58.8 Å². The second kappa shape index (κ2) is 11.0. The quantitative estimate of drug-likeness (QED) is 0.515. The van der Waals surface area contributed by atoms with E-state index >= 15 is 0 Å². The van der Waals surface area contributed by atoms with Crippen LogP contribution in [0.5, 0.6) is 0 Å². The summed E-state index contributed by atoms with van der Waals surface area (Å²) in [6.45, 7) is 4.71. The molecule has 0 radical (unpaired) electrons. The highest BCUT2D eigenvalue weighted by Crippen LogP contribution is 2.27. The van der Waals surface area contributed by atoms with Crippen molar-refractivity contribution in [3.8, 4) is 0 Å². The summed E-state index contributed by atoms with van der Waals surface area (Å²) >= 11 is 0. The third-order valence-corrected chi connectivity index (χ3v) is 4.62. The van der Waals surface area contributed by atoms with E-state index in [2.05, 4.69) is 5.32 Å². The monoisotopic (exact) mass is 340 g/mol. The van der Waals surface area contributed by atoms with Crippen molar-refractivity contribution >= 4 is 17.8 Å². The molecule has 0 saturated heterocycles. The molecule has 0 spiro atoms. The van der Waals surface area contributed by atoms with Gasteiger partial charge in [-0.25, -0.2) is 0 Å². The molecule has 6 heteroatoms. The first-order valence-corrected chi connectivity index (χ1v) is 9.04. The van der Waals surface area contributed by atoms with E-state index in [9.17, 15) is 14.4 Å². The number of hydrogen-bond donors (Lipinski definition) is 1. The van der Waals surface area contributed by atoms with Crippen LogP contribution in [-0.4, -0.2) is 49.4 Å². The van der Waals surface area contributed by atoms with E-state index in [-0.39, 0.29) is 23.7 Å². The lowest BCUT2D eigenvalue weighted by Crippen LogP contribution is -2.39. The normalized spacial score (nSPS) is 16.3. The number of carbonyl (C=O) groups excluding carboxylic acids is 3. The van der Waals surface area contributed by atoms with Crippen LogP contribution in [0.2, 0.25) is 0 Å². The SMILES string of the molecule is COC(=O)C(C)CN(CCCNC(C)=O)C(=O)CC1CCCCC1. The standard InChI is InChI=1S/C18H32N2O4/c1-14(18(23)24-3)13-20(11-7-10-19-15(2)21)17(22)12-16-8-5-4-6-9-16/h14,16H,4-13H2,1-3H3,(H,19,21). The number of ether oxygens (including phenoxy) is 1. The molecule has 0 bridgehead atoms. The molecule has 0 aromatic heterocycles. The number of carbonyl (C=O) groups is 3.